The van der Waals surface area contributed by atoms with Crippen molar-refractivity contribution in [3.05, 3.63) is 29.8 Å². The Morgan fingerprint density at radius 2 is 2.15 bits per heavy atom. The van der Waals surface area contributed by atoms with Crippen molar-refractivity contribution in [1.29, 1.82) is 0 Å². The molecular formula is C16H25NO3. The van der Waals surface area contributed by atoms with Gasteiger partial charge >= 0.3 is 5.97 Å². The molecule has 0 spiro atoms. The van der Waals surface area contributed by atoms with Gasteiger partial charge in [-0.05, 0) is 31.0 Å². The van der Waals surface area contributed by atoms with Gasteiger partial charge in [0.2, 0.25) is 0 Å². The van der Waals surface area contributed by atoms with Crippen molar-refractivity contribution in [2.24, 2.45) is 0 Å². The molecule has 0 saturated heterocycles. The van der Waals surface area contributed by atoms with Crippen LogP contribution in [0.1, 0.15) is 38.7 Å². The third-order valence-electron chi connectivity index (χ3n) is 3.09. The Morgan fingerprint density at radius 1 is 1.35 bits per heavy atom. The van der Waals surface area contributed by atoms with E-state index in [4.69, 9.17) is 9.47 Å². The highest BCUT2D eigenvalue weighted by Crippen LogP contribution is 2.13. The smallest absolute Gasteiger partial charge is 0.322 e. The highest BCUT2D eigenvalue weighted by Gasteiger charge is 2.17. The van der Waals surface area contributed by atoms with Gasteiger partial charge in [-0.3, -0.25) is 4.79 Å². The predicted molar refractivity (Wildman–Crippen MR) is 79.8 cm³/mol. The second-order valence-corrected chi connectivity index (χ2v) is 4.68. The van der Waals surface area contributed by atoms with Crippen LogP contribution in [0.25, 0.3) is 0 Å². The van der Waals surface area contributed by atoms with Gasteiger partial charge < -0.3 is 14.8 Å². The zero-order valence-electron chi connectivity index (χ0n) is 12.6. The molecule has 1 rings (SSSR count). The minimum absolute atomic E-state index is 0.195. The molecule has 0 aliphatic rings. The lowest BCUT2D eigenvalue weighted by Gasteiger charge is -2.16. The Hall–Kier alpha value is -1.55. The molecule has 1 N–H and O–H groups in total. The fourth-order valence-electron chi connectivity index (χ4n) is 2.01. The topological polar surface area (TPSA) is 47.6 Å². The van der Waals surface area contributed by atoms with E-state index in [9.17, 15) is 4.79 Å². The summed E-state index contributed by atoms with van der Waals surface area (Å²) >= 11 is 0. The first-order chi connectivity index (χ1) is 9.71. The molecule has 0 saturated carbocycles. The summed E-state index contributed by atoms with van der Waals surface area (Å²) in [5, 5.41) is 3.26. The maximum absolute atomic E-state index is 11.7. The number of esters is 1. The molecule has 1 aromatic rings. The molecule has 1 aromatic carbocycles. The zero-order valence-corrected chi connectivity index (χ0v) is 12.6. The molecule has 0 aliphatic carbocycles. The van der Waals surface area contributed by atoms with E-state index in [-0.39, 0.29) is 12.0 Å². The summed E-state index contributed by atoms with van der Waals surface area (Å²) < 4.78 is 10.3. The molecule has 0 bridgehead atoms. The number of unbranched alkanes of at least 4 members (excludes halogenated alkanes) is 1. The lowest BCUT2D eigenvalue weighted by atomic mass is 10.1. The Kier molecular flexibility index (Phi) is 7.73. The normalized spacial score (nSPS) is 11.9. The second kappa shape index (κ2) is 9.37. The fraction of sp³-hybridized carbons (Fsp3) is 0.562. The number of carbonyl (C=O) groups excluding carboxylic acids is 1. The number of nitrogens with one attached hydrogen (secondary N) is 1. The lowest BCUT2D eigenvalue weighted by Crippen LogP contribution is -2.37. The molecule has 112 valence electrons. The second-order valence-electron chi connectivity index (χ2n) is 4.68. The van der Waals surface area contributed by atoms with Gasteiger partial charge in [-0.15, -0.1) is 0 Å². The van der Waals surface area contributed by atoms with Gasteiger partial charge in [0, 0.05) is 6.54 Å². The minimum Gasteiger partial charge on any atom is -0.494 e. The largest absolute Gasteiger partial charge is 0.494 e. The van der Waals surface area contributed by atoms with Crippen molar-refractivity contribution in [2.75, 3.05) is 13.7 Å². The average Bonchev–Trinajstić information content (AvgIpc) is 2.47. The summed E-state index contributed by atoms with van der Waals surface area (Å²) in [5.41, 5.74) is 1.10. The molecule has 1 atom stereocenters. The van der Waals surface area contributed by atoms with Gasteiger partial charge in [0.15, 0.2) is 0 Å². The number of carbonyl (C=O) groups is 1. The molecule has 1 unspecified atom stereocenters. The summed E-state index contributed by atoms with van der Waals surface area (Å²) in [5.74, 6) is 0.661. The van der Waals surface area contributed by atoms with Crippen LogP contribution >= 0.6 is 0 Å². The number of hydrogen-bond acceptors (Lipinski definition) is 4. The molecule has 0 amide bonds. The maximum atomic E-state index is 11.7. The Morgan fingerprint density at radius 3 is 2.80 bits per heavy atom. The molecule has 4 heteroatoms. The fourth-order valence-corrected chi connectivity index (χ4v) is 2.01. The first kappa shape index (κ1) is 16.5. The molecule has 0 aromatic heterocycles. The van der Waals surface area contributed by atoms with Crippen LogP contribution in [0.5, 0.6) is 5.75 Å². The van der Waals surface area contributed by atoms with E-state index in [1.165, 1.54) is 7.11 Å². The van der Waals surface area contributed by atoms with E-state index in [2.05, 4.69) is 12.2 Å². The molecule has 0 fully saturated rings. The molecular weight excluding hydrogens is 254 g/mol. The SMILES string of the molecule is CCCCC(NCc1cccc(OCC)c1)C(=O)OC. The van der Waals surface area contributed by atoms with Gasteiger partial charge in [-0.2, -0.15) is 0 Å². The number of rotatable bonds is 9. The van der Waals surface area contributed by atoms with Crippen molar-refractivity contribution in [3.63, 3.8) is 0 Å². The lowest BCUT2D eigenvalue weighted by molar-refractivity contribution is -0.143. The van der Waals surface area contributed by atoms with Crippen LogP contribution in [0.3, 0.4) is 0 Å². The quantitative estimate of drug-likeness (QED) is 0.706. The van der Waals surface area contributed by atoms with Gasteiger partial charge in [-0.25, -0.2) is 0 Å². The number of hydrogen-bond donors (Lipinski definition) is 1. The van der Waals surface area contributed by atoms with Crippen LogP contribution in [0, 0.1) is 0 Å². The van der Waals surface area contributed by atoms with E-state index >= 15 is 0 Å². The Labute approximate surface area is 121 Å². The Balaban J connectivity index is 2.57. The summed E-state index contributed by atoms with van der Waals surface area (Å²) in [6.07, 6.45) is 2.87. The van der Waals surface area contributed by atoms with Crippen LogP contribution in [-0.2, 0) is 16.1 Å². The first-order valence-electron chi connectivity index (χ1n) is 7.24. The van der Waals surface area contributed by atoms with Gasteiger partial charge in [-0.1, -0.05) is 31.9 Å². The highest BCUT2D eigenvalue weighted by molar-refractivity contribution is 5.75. The van der Waals surface area contributed by atoms with E-state index in [1.807, 2.05) is 31.2 Å². The van der Waals surface area contributed by atoms with Gasteiger partial charge in [0.1, 0.15) is 11.8 Å². The van der Waals surface area contributed by atoms with Crippen molar-refractivity contribution in [2.45, 2.75) is 45.7 Å². The molecule has 4 nitrogen and oxygen atoms in total. The monoisotopic (exact) mass is 279 g/mol. The van der Waals surface area contributed by atoms with Crippen LogP contribution in [-0.4, -0.2) is 25.7 Å². The summed E-state index contributed by atoms with van der Waals surface area (Å²) in [7, 11) is 1.43. The van der Waals surface area contributed by atoms with Gasteiger partial charge in [0.05, 0.1) is 13.7 Å². The van der Waals surface area contributed by atoms with Crippen molar-refractivity contribution >= 4 is 5.97 Å². The minimum atomic E-state index is -0.240. The number of methoxy groups -OCH3 is 1. The molecule has 20 heavy (non-hydrogen) atoms. The van der Waals surface area contributed by atoms with E-state index < -0.39 is 0 Å². The Bertz CT molecular complexity index is 406. The third kappa shape index (κ3) is 5.61. The highest BCUT2D eigenvalue weighted by atomic mass is 16.5. The third-order valence-corrected chi connectivity index (χ3v) is 3.09. The molecule has 0 heterocycles. The standard InChI is InChI=1S/C16H25NO3/c1-4-6-10-15(16(18)19-3)17-12-13-8-7-9-14(11-13)20-5-2/h7-9,11,15,17H,4-6,10,12H2,1-3H3. The summed E-state index contributed by atoms with van der Waals surface area (Å²) in [6, 6.07) is 7.66. The number of ether oxygens (including phenoxy) is 2. The van der Waals surface area contributed by atoms with Crippen LogP contribution in [0.4, 0.5) is 0 Å². The van der Waals surface area contributed by atoms with Crippen LogP contribution in [0.15, 0.2) is 24.3 Å². The van der Waals surface area contributed by atoms with E-state index in [0.29, 0.717) is 13.2 Å². The van der Waals surface area contributed by atoms with Crippen molar-refractivity contribution < 1.29 is 14.3 Å². The van der Waals surface area contributed by atoms with Crippen molar-refractivity contribution in [1.82, 2.24) is 5.32 Å². The van der Waals surface area contributed by atoms with Crippen LogP contribution in [0.2, 0.25) is 0 Å². The van der Waals surface area contributed by atoms with E-state index in [1.54, 1.807) is 0 Å². The van der Waals surface area contributed by atoms with Gasteiger partial charge in [0.25, 0.3) is 0 Å². The average molecular weight is 279 g/mol. The van der Waals surface area contributed by atoms with Crippen molar-refractivity contribution in [3.8, 4) is 5.75 Å². The zero-order chi connectivity index (χ0) is 14.8. The molecule has 0 aliphatic heterocycles. The maximum Gasteiger partial charge on any atom is 0.322 e. The number of benzene rings is 1. The first-order valence-corrected chi connectivity index (χ1v) is 7.24. The summed E-state index contributed by atoms with van der Waals surface area (Å²) in [4.78, 5) is 11.7. The molecule has 0 radical (unpaired) electrons. The summed E-state index contributed by atoms with van der Waals surface area (Å²) in [6.45, 7) is 5.35. The predicted octanol–water partition coefficient (Wildman–Crippen LogP) is 2.91. The van der Waals surface area contributed by atoms with Crippen LogP contribution < -0.4 is 10.1 Å². The van der Waals surface area contributed by atoms with E-state index in [0.717, 1.165) is 30.6 Å².